The van der Waals surface area contributed by atoms with Gasteiger partial charge in [0.2, 0.25) is 5.91 Å². The zero-order valence-electron chi connectivity index (χ0n) is 16.2. The van der Waals surface area contributed by atoms with Crippen molar-refractivity contribution in [3.63, 3.8) is 0 Å². The molecule has 6 nitrogen and oxygen atoms in total. The third kappa shape index (κ3) is 4.92. The number of nitrogens with zero attached hydrogens (tertiary/aromatic N) is 3. The molecule has 1 saturated heterocycles. The molecular formula is C22H24N4O2S. The first kappa shape index (κ1) is 19.4. The molecular weight excluding hydrogens is 384 g/mol. The average molecular weight is 409 g/mol. The molecule has 1 fully saturated rings. The maximum atomic E-state index is 12.6. The number of anilines is 1. The Hall–Kier alpha value is -2.93. The molecule has 150 valence electrons. The van der Waals surface area contributed by atoms with Crippen molar-refractivity contribution in [3.05, 3.63) is 80.9 Å². The molecule has 0 spiro atoms. The van der Waals surface area contributed by atoms with Crippen molar-refractivity contribution in [2.24, 2.45) is 5.92 Å². The van der Waals surface area contributed by atoms with Crippen LogP contribution < -0.4 is 15.8 Å². The van der Waals surface area contributed by atoms with E-state index < -0.39 is 0 Å². The van der Waals surface area contributed by atoms with E-state index in [1.54, 1.807) is 23.6 Å². The predicted molar refractivity (Wildman–Crippen MR) is 115 cm³/mol. The number of rotatable bonds is 6. The number of carbonyl (C=O) groups is 1. The summed E-state index contributed by atoms with van der Waals surface area (Å²) in [7, 11) is 0. The Bertz CT molecular complexity index is 1000. The molecule has 0 unspecified atom stereocenters. The van der Waals surface area contributed by atoms with E-state index >= 15 is 0 Å². The highest BCUT2D eigenvalue weighted by Gasteiger charge is 2.26. The molecule has 1 N–H and O–H groups in total. The van der Waals surface area contributed by atoms with E-state index in [0.717, 1.165) is 35.5 Å². The smallest absolute Gasteiger partial charge is 0.269 e. The predicted octanol–water partition coefficient (Wildman–Crippen LogP) is 2.89. The number of amides is 1. The number of carbonyl (C=O) groups excluding carboxylic acids is 1. The second-order valence-electron chi connectivity index (χ2n) is 7.28. The van der Waals surface area contributed by atoms with Gasteiger partial charge in [-0.15, -0.1) is 11.3 Å². The summed E-state index contributed by atoms with van der Waals surface area (Å²) in [5.74, 6) is 0.00365. The maximum absolute atomic E-state index is 12.6. The summed E-state index contributed by atoms with van der Waals surface area (Å²) in [5.41, 5.74) is 1.70. The van der Waals surface area contributed by atoms with Gasteiger partial charge >= 0.3 is 0 Å². The van der Waals surface area contributed by atoms with Crippen molar-refractivity contribution >= 4 is 22.9 Å². The van der Waals surface area contributed by atoms with Crippen LogP contribution in [0.5, 0.6) is 0 Å². The molecule has 1 aliphatic rings. The zero-order chi connectivity index (χ0) is 20.1. The largest absolute Gasteiger partial charge is 0.369 e. The van der Waals surface area contributed by atoms with Gasteiger partial charge in [0.15, 0.2) is 0 Å². The second-order valence-corrected chi connectivity index (χ2v) is 8.31. The molecule has 7 heteroatoms. The van der Waals surface area contributed by atoms with E-state index in [4.69, 9.17) is 0 Å². The average Bonchev–Trinajstić information content (AvgIpc) is 3.28. The SMILES string of the molecule is O=C(NCc1cccs1)[C@H]1CCCN(c2cnn(Cc3ccccc3)c(=O)c2)C1. The Morgan fingerprint density at radius 1 is 1.21 bits per heavy atom. The minimum absolute atomic E-state index is 0.0736. The molecule has 3 heterocycles. The van der Waals surface area contributed by atoms with Crippen LogP contribution in [0, 0.1) is 5.92 Å². The van der Waals surface area contributed by atoms with Crippen molar-refractivity contribution in [3.8, 4) is 0 Å². The summed E-state index contributed by atoms with van der Waals surface area (Å²) >= 11 is 1.64. The quantitative estimate of drug-likeness (QED) is 0.681. The molecule has 0 bridgehead atoms. The lowest BCUT2D eigenvalue weighted by molar-refractivity contribution is -0.125. The Labute approximate surface area is 173 Å². The molecule has 1 aliphatic heterocycles. The van der Waals surface area contributed by atoms with E-state index in [0.29, 0.717) is 19.6 Å². The van der Waals surface area contributed by atoms with Gasteiger partial charge in [0.1, 0.15) is 0 Å². The van der Waals surface area contributed by atoms with Gasteiger partial charge < -0.3 is 10.2 Å². The van der Waals surface area contributed by atoms with Crippen LogP contribution in [0.15, 0.2) is 64.9 Å². The minimum Gasteiger partial charge on any atom is -0.369 e. The van der Waals surface area contributed by atoms with Crippen LogP contribution in [0.1, 0.15) is 23.3 Å². The highest BCUT2D eigenvalue weighted by Crippen LogP contribution is 2.22. The van der Waals surface area contributed by atoms with Gasteiger partial charge in [0, 0.05) is 24.0 Å². The van der Waals surface area contributed by atoms with Gasteiger partial charge in [0.25, 0.3) is 5.56 Å². The van der Waals surface area contributed by atoms with E-state index in [1.807, 2.05) is 47.8 Å². The van der Waals surface area contributed by atoms with Gasteiger partial charge in [-0.25, -0.2) is 4.68 Å². The van der Waals surface area contributed by atoms with Crippen molar-refractivity contribution in [2.75, 3.05) is 18.0 Å². The molecule has 3 aromatic rings. The summed E-state index contributed by atoms with van der Waals surface area (Å²) in [6, 6.07) is 15.4. The molecule has 1 aromatic carbocycles. The summed E-state index contributed by atoms with van der Waals surface area (Å²) < 4.78 is 1.47. The lowest BCUT2D eigenvalue weighted by Gasteiger charge is -2.33. The first-order valence-corrected chi connectivity index (χ1v) is 10.7. The first-order chi connectivity index (χ1) is 14.2. The van der Waals surface area contributed by atoms with Gasteiger partial charge in [0.05, 0.1) is 30.9 Å². The summed E-state index contributed by atoms with van der Waals surface area (Å²) in [5, 5.41) is 9.40. The number of nitrogens with one attached hydrogen (secondary N) is 1. The molecule has 1 amide bonds. The summed E-state index contributed by atoms with van der Waals surface area (Å²) in [6.07, 6.45) is 3.52. The molecule has 29 heavy (non-hydrogen) atoms. The second kappa shape index (κ2) is 9.05. The van der Waals surface area contributed by atoms with Crippen LogP contribution in [0.25, 0.3) is 0 Å². The Morgan fingerprint density at radius 2 is 2.07 bits per heavy atom. The van der Waals surface area contributed by atoms with Crippen molar-refractivity contribution < 1.29 is 4.79 Å². The van der Waals surface area contributed by atoms with Gasteiger partial charge in [-0.2, -0.15) is 5.10 Å². The maximum Gasteiger partial charge on any atom is 0.269 e. The summed E-state index contributed by atoms with van der Waals surface area (Å²) in [6.45, 7) is 2.47. The Morgan fingerprint density at radius 3 is 2.83 bits per heavy atom. The van der Waals surface area contributed by atoms with Crippen LogP contribution in [0.4, 0.5) is 5.69 Å². The highest BCUT2D eigenvalue weighted by atomic mass is 32.1. The van der Waals surface area contributed by atoms with Crippen molar-refractivity contribution in [2.45, 2.75) is 25.9 Å². The van der Waals surface area contributed by atoms with Gasteiger partial charge in [-0.3, -0.25) is 9.59 Å². The third-order valence-electron chi connectivity index (χ3n) is 5.20. The van der Waals surface area contributed by atoms with Gasteiger partial charge in [-0.05, 0) is 29.9 Å². The number of hydrogen-bond acceptors (Lipinski definition) is 5. The lowest BCUT2D eigenvalue weighted by atomic mass is 9.97. The van der Waals surface area contributed by atoms with E-state index in [2.05, 4.69) is 15.3 Å². The molecule has 0 aliphatic carbocycles. The van der Waals surface area contributed by atoms with Crippen LogP contribution in [0.3, 0.4) is 0 Å². The Balaban J connectivity index is 1.39. The molecule has 1 atom stereocenters. The number of hydrogen-bond donors (Lipinski definition) is 1. The highest BCUT2D eigenvalue weighted by molar-refractivity contribution is 7.09. The zero-order valence-corrected chi connectivity index (χ0v) is 17.0. The van der Waals surface area contributed by atoms with Crippen LogP contribution in [0.2, 0.25) is 0 Å². The number of thiophene rings is 1. The summed E-state index contributed by atoms with van der Waals surface area (Å²) in [4.78, 5) is 28.4. The van der Waals surface area contributed by atoms with E-state index in [-0.39, 0.29) is 17.4 Å². The normalized spacial score (nSPS) is 16.6. The van der Waals surface area contributed by atoms with Crippen LogP contribution >= 0.6 is 11.3 Å². The Kier molecular flexibility index (Phi) is 6.05. The molecule has 0 saturated carbocycles. The fraction of sp³-hybridized carbons (Fsp3) is 0.318. The number of aromatic nitrogens is 2. The molecule has 2 aromatic heterocycles. The van der Waals surface area contributed by atoms with Crippen LogP contribution in [-0.4, -0.2) is 28.8 Å². The first-order valence-electron chi connectivity index (χ1n) is 9.85. The third-order valence-corrected chi connectivity index (χ3v) is 6.08. The standard InChI is InChI=1S/C22H24N4O2S/c27-21-12-19(13-24-26(21)15-17-6-2-1-3-7-17)25-10-4-8-18(16-25)22(28)23-14-20-9-5-11-29-20/h1-3,5-7,9,11-13,18H,4,8,10,14-16H2,(H,23,28)/t18-/m0/s1. The topological polar surface area (TPSA) is 67.2 Å². The van der Waals surface area contributed by atoms with Crippen molar-refractivity contribution in [1.29, 1.82) is 0 Å². The number of piperidine rings is 1. The minimum atomic E-state index is -0.129. The molecule has 4 rings (SSSR count). The van der Waals surface area contributed by atoms with E-state index in [9.17, 15) is 9.59 Å². The lowest BCUT2D eigenvalue weighted by Crippen LogP contribution is -2.43. The number of benzene rings is 1. The van der Waals surface area contributed by atoms with Gasteiger partial charge in [-0.1, -0.05) is 36.4 Å². The monoisotopic (exact) mass is 408 g/mol. The molecule has 0 radical (unpaired) electrons. The fourth-order valence-corrected chi connectivity index (χ4v) is 4.27. The van der Waals surface area contributed by atoms with Crippen molar-refractivity contribution in [1.82, 2.24) is 15.1 Å². The van der Waals surface area contributed by atoms with Crippen LogP contribution in [-0.2, 0) is 17.9 Å². The van der Waals surface area contributed by atoms with E-state index in [1.165, 1.54) is 4.68 Å². The fourth-order valence-electron chi connectivity index (χ4n) is 3.63.